The fraction of sp³-hybridized carbons (Fsp3) is 0.192. The van der Waals surface area contributed by atoms with Gasteiger partial charge in [0, 0.05) is 5.56 Å². The minimum atomic E-state index is -0.720. The molecule has 0 saturated carbocycles. The van der Waals surface area contributed by atoms with Crippen LogP contribution in [0.2, 0.25) is 0 Å². The molecule has 1 fully saturated rings. The zero-order chi connectivity index (χ0) is 22.3. The summed E-state index contributed by atoms with van der Waals surface area (Å²) in [6.07, 6.45) is 3.29. The Morgan fingerprint density at radius 2 is 2.00 bits per heavy atom. The molecule has 1 aliphatic heterocycles. The van der Waals surface area contributed by atoms with E-state index in [2.05, 4.69) is 11.4 Å². The number of ether oxygens (including phenoxy) is 1. The van der Waals surface area contributed by atoms with Crippen LogP contribution in [0.5, 0.6) is 5.75 Å². The van der Waals surface area contributed by atoms with Gasteiger partial charge in [0.1, 0.15) is 23.2 Å². The molecule has 1 aromatic heterocycles. The van der Waals surface area contributed by atoms with E-state index < -0.39 is 5.97 Å². The quantitative estimate of drug-likeness (QED) is 0.346. The van der Waals surface area contributed by atoms with Gasteiger partial charge in [0.05, 0.1) is 18.3 Å². The van der Waals surface area contributed by atoms with E-state index in [-0.39, 0.29) is 63.2 Å². The van der Waals surface area contributed by atoms with Crippen molar-refractivity contribution < 1.29 is 74.8 Å². The van der Waals surface area contributed by atoms with Gasteiger partial charge in [0.25, 0.3) is 0 Å². The Kier molecular flexibility index (Phi) is 9.67. The zero-order valence-corrected chi connectivity index (χ0v) is 21.5. The molecular formula is C26H23FKNO4. The van der Waals surface area contributed by atoms with Crippen molar-refractivity contribution in [3.05, 3.63) is 90.4 Å². The molecule has 0 bridgehead atoms. The molecule has 2 heterocycles. The predicted molar refractivity (Wildman–Crippen MR) is 120 cm³/mol. The number of halogens is 1. The molecule has 7 heteroatoms. The van der Waals surface area contributed by atoms with Crippen LogP contribution in [0.3, 0.4) is 0 Å². The van der Waals surface area contributed by atoms with Crippen molar-refractivity contribution in [3.8, 4) is 16.9 Å². The largest absolute Gasteiger partial charge is 1.00 e. The van der Waals surface area contributed by atoms with Gasteiger partial charge in [-0.05, 0) is 55.3 Å². The zero-order valence-electron chi connectivity index (χ0n) is 18.4. The van der Waals surface area contributed by atoms with Gasteiger partial charge in [0.2, 0.25) is 0 Å². The molecule has 1 aliphatic rings. The average molecular weight is 472 g/mol. The molecule has 0 amide bonds. The third-order valence-corrected chi connectivity index (χ3v) is 5.26. The number of aliphatic carboxylic acids is 1. The Morgan fingerprint density at radius 1 is 1.18 bits per heavy atom. The minimum absolute atomic E-state index is 0. The number of benzene rings is 3. The van der Waals surface area contributed by atoms with Gasteiger partial charge < -0.3 is 19.6 Å². The summed E-state index contributed by atoms with van der Waals surface area (Å²) in [6.45, 7) is 1.35. The van der Waals surface area contributed by atoms with E-state index in [0.717, 1.165) is 41.8 Å². The number of carboxylic acids is 1. The van der Waals surface area contributed by atoms with Crippen molar-refractivity contribution in [2.45, 2.75) is 25.5 Å². The number of carboxylic acid groups (broad SMARTS) is 1. The third kappa shape index (κ3) is 6.75. The average Bonchev–Trinajstić information content (AvgIpc) is 3.53. The third-order valence-electron chi connectivity index (χ3n) is 5.26. The number of rotatable bonds is 5. The number of fused-ring (bicyclic) bond motifs is 1. The van der Waals surface area contributed by atoms with E-state index in [1.165, 1.54) is 12.3 Å². The Labute approximate surface area is 234 Å². The predicted octanol–water partition coefficient (Wildman–Crippen LogP) is 2.45. The summed E-state index contributed by atoms with van der Waals surface area (Å²) in [7, 11) is 0. The monoisotopic (exact) mass is 471 g/mol. The van der Waals surface area contributed by atoms with Gasteiger partial charge in [-0.3, -0.25) is 4.79 Å². The molecule has 164 valence electrons. The number of hydrogen-bond acceptors (Lipinski definition) is 4. The first-order chi connectivity index (χ1) is 15.6. The molecule has 0 aliphatic carbocycles. The van der Waals surface area contributed by atoms with E-state index in [1.54, 1.807) is 12.1 Å². The maximum Gasteiger partial charge on any atom is 1.00 e. The summed E-state index contributed by atoms with van der Waals surface area (Å²) in [5, 5.41) is 11.7. The van der Waals surface area contributed by atoms with Gasteiger partial charge in [-0.25, -0.2) is 4.39 Å². The maximum absolute atomic E-state index is 13.8. The second-order valence-electron chi connectivity index (χ2n) is 7.47. The molecule has 2 N–H and O–H groups in total. The second-order valence-corrected chi connectivity index (χ2v) is 7.47. The molecule has 5 nitrogen and oxygen atoms in total. The van der Waals surface area contributed by atoms with Crippen LogP contribution in [0.15, 0.2) is 77.4 Å². The van der Waals surface area contributed by atoms with Crippen molar-refractivity contribution in [2.75, 3.05) is 6.54 Å². The van der Waals surface area contributed by atoms with Crippen LogP contribution in [0.4, 0.5) is 4.39 Å². The molecule has 5 rings (SSSR count). The van der Waals surface area contributed by atoms with E-state index in [1.807, 2.05) is 48.5 Å². The second kappa shape index (κ2) is 12.5. The maximum atomic E-state index is 13.8. The number of hydrogen-bond donors (Lipinski definition) is 2. The van der Waals surface area contributed by atoms with Gasteiger partial charge in [-0.1, -0.05) is 12.1 Å². The van der Waals surface area contributed by atoms with E-state index in [9.17, 15) is 9.18 Å². The van der Waals surface area contributed by atoms with Crippen LogP contribution >= 0.6 is 0 Å². The van der Waals surface area contributed by atoms with Crippen LogP contribution in [-0.4, -0.2) is 23.7 Å². The molecular weight excluding hydrogens is 448 g/mol. The molecule has 33 heavy (non-hydrogen) atoms. The Balaban J connectivity index is 0.000000290. The van der Waals surface area contributed by atoms with Crippen LogP contribution in [0.25, 0.3) is 22.1 Å². The normalized spacial score (nSPS) is 14.8. The Hall–Kier alpha value is -2.00. The van der Waals surface area contributed by atoms with Crippen LogP contribution < -0.4 is 61.4 Å². The van der Waals surface area contributed by atoms with Gasteiger partial charge in [-0.2, -0.15) is 30.3 Å². The topological polar surface area (TPSA) is 71.7 Å². The molecule has 4 aromatic rings. The van der Waals surface area contributed by atoms with Gasteiger partial charge >= 0.3 is 57.4 Å². The summed E-state index contributed by atoms with van der Waals surface area (Å²) in [5.41, 5.74) is 3.44. The summed E-state index contributed by atoms with van der Waals surface area (Å²) in [5.74, 6) is -0.218. The molecule has 1 atom stereocenters. The van der Waals surface area contributed by atoms with Crippen molar-refractivity contribution in [1.82, 2.24) is 5.32 Å². The smallest absolute Gasteiger partial charge is 0.501 e. The molecule has 0 radical (unpaired) electrons. The number of furan rings is 1. The van der Waals surface area contributed by atoms with Crippen molar-refractivity contribution >= 4 is 16.9 Å². The summed E-state index contributed by atoms with van der Waals surface area (Å²) in [6, 6.07) is 23.0. The standard InChI is InChI=1S/C21H14FO2.C5H9NO2.K/c22-20-11-10-18(21-19(20)12-13-23-21)16-6-8-17(9-7-16)24-14-15-4-2-1-3-5-15;7-5(8)4-2-1-3-6-4;/h1-2,4-13H,14H2;4,6H,1-3H2,(H,7,8);/q-1;;+1. The molecule has 1 unspecified atom stereocenters. The van der Waals surface area contributed by atoms with Crippen LogP contribution in [0, 0.1) is 11.9 Å². The Bertz CT molecular complexity index is 1170. The fourth-order valence-corrected chi connectivity index (χ4v) is 3.57. The summed E-state index contributed by atoms with van der Waals surface area (Å²) < 4.78 is 25.0. The first-order valence-electron chi connectivity index (χ1n) is 10.4. The summed E-state index contributed by atoms with van der Waals surface area (Å²) in [4.78, 5) is 10.1. The van der Waals surface area contributed by atoms with Crippen molar-refractivity contribution in [1.29, 1.82) is 0 Å². The molecule has 1 saturated heterocycles. The van der Waals surface area contributed by atoms with Crippen LogP contribution in [-0.2, 0) is 11.4 Å². The van der Waals surface area contributed by atoms with Gasteiger partial charge in [0.15, 0.2) is 0 Å². The number of nitrogens with one attached hydrogen (secondary N) is 1. The van der Waals surface area contributed by atoms with E-state index in [0.29, 0.717) is 17.6 Å². The number of carbonyl (C=O) groups is 1. The van der Waals surface area contributed by atoms with E-state index in [4.69, 9.17) is 14.3 Å². The first kappa shape index (κ1) is 25.6. The van der Waals surface area contributed by atoms with Gasteiger partial charge in [-0.15, -0.1) is 5.56 Å². The molecule has 3 aromatic carbocycles. The van der Waals surface area contributed by atoms with Crippen molar-refractivity contribution in [3.63, 3.8) is 0 Å². The van der Waals surface area contributed by atoms with E-state index >= 15 is 0 Å². The SMILES string of the molecule is Fc1ccc(-c2ccc(OCc3c[c-]ccc3)cc2)c2occc12.O=C(O)C1CCCN1.[K+]. The van der Waals surface area contributed by atoms with Crippen molar-refractivity contribution in [2.24, 2.45) is 0 Å². The Morgan fingerprint density at radius 3 is 2.64 bits per heavy atom. The minimum Gasteiger partial charge on any atom is -0.501 e. The summed E-state index contributed by atoms with van der Waals surface area (Å²) >= 11 is 0. The fourth-order valence-electron chi connectivity index (χ4n) is 3.57. The molecule has 0 spiro atoms. The van der Waals surface area contributed by atoms with Crippen LogP contribution in [0.1, 0.15) is 18.4 Å². The first-order valence-corrected chi connectivity index (χ1v) is 10.4.